The van der Waals surface area contributed by atoms with Crippen molar-refractivity contribution in [1.82, 2.24) is 0 Å². The Morgan fingerprint density at radius 1 is 0.524 bits per heavy atom. The van der Waals surface area contributed by atoms with Crippen molar-refractivity contribution in [2.24, 2.45) is 22.7 Å². The molecule has 0 aliphatic heterocycles. The number of hydrogen-bond donors (Lipinski definition) is 2. The highest BCUT2D eigenvalue weighted by molar-refractivity contribution is 5.90. The number of benzene rings is 4. The highest BCUT2D eigenvalue weighted by atomic mass is 16.4. The van der Waals surface area contributed by atoms with Gasteiger partial charge in [-0.25, -0.2) is 0 Å². The summed E-state index contributed by atoms with van der Waals surface area (Å²) in [6, 6.07) is 25.6. The molecule has 2 nitrogen and oxygen atoms in total. The quantitative estimate of drug-likeness (QED) is 0.251. The molecule has 0 heterocycles. The van der Waals surface area contributed by atoms with E-state index in [9.17, 15) is 10.2 Å². The molecule has 8 aliphatic rings. The molecule has 2 saturated carbocycles. The summed E-state index contributed by atoms with van der Waals surface area (Å²) in [4.78, 5) is 0. The van der Waals surface area contributed by atoms with Crippen LogP contribution in [0.1, 0.15) is 96.9 Å². The van der Waals surface area contributed by atoms with Crippen LogP contribution in [0.2, 0.25) is 0 Å². The largest absolute Gasteiger partial charge is 0.377 e. The lowest BCUT2D eigenvalue weighted by Crippen LogP contribution is -2.50. The summed E-state index contributed by atoms with van der Waals surface area (Å²) in [5.74, 6) is 2.47. The van der Waals surface area contributed by atoms with Gasteiger partial charge >= 0.3 is 0 Å². The molecule has 2 heteroatoms. The van der Waals surface area contributed by atoms with Crippen molar-refractivity contribution < 1.29 is 10.2 Å². The number of hydrogen-bond acceptors (Lipinski definition) is 2. The SMILES string of the molecule is CC1(C)[C@H]2Cc3c(ccc4c3-c3ccccc3[C@]4(O)[C@]3(O)c4ccccc4-c4c3ccc3c4C[C@@H]4C[C@@H]3C4(C)C)[C@@H]1C2. The summed E-state index contributed by atoms with van der Waals surface area (Å²) >= 11 is 0. The highest BCUT2D eigenvalue weighted by Gasteiger charge is 2.64. The van der Waals surface area contributed by atoms with Gasteiger partial charge in [0.05, 0.1) is 0 Å². The fraction of sp³-hybridized carbons (Fsp3) is 0.400. The second kappa shape index (κ2) is 7.12. The second-order valence-corrected chi connectivity index (χ2v) is 15.6. The average Bonchev–Trinajstić information content (AvgIpc) is 3.44. The monoisotopic (exact) mass is 550 g/mol. The molecule has 0 aromatic heterocycles. The van der Waals surface area contributed by atoms with Gasteiger partial charge in [-0.05, 0) is 127 Å². The fourth-order valence-corrected chi connectivity index (χ4v) is 11.0. The first kappa shape index (κ1) is 24.3. The van der Waals surface area contributed by atoms with Crippen LogP contribution in [0.3, 0.4) is 0 Å². The molecule has 0 saturated heterocycles. The molecule has 2 N–H and O–H groups in total. The first-order valence-corrected chi connectivity index (χ1v) is 16.1. The zero-order valence-corrected chi connectivity index (χ0v) is 25.0. The van der Waals surface area contributed by atoms with Crippen molar-refractivity contribution >= 4 is 0 Å². The maximum Gasteiger partial charge on any atom is 0.153 e. The van der Waals surface area contributed by atoms with Crippen molar-refractivity contribution in [2.75, 3.05) is 0 Å². The first-order valence-electron chi connectivity index (χ1n) is 16.1. The Bertz CT molecular complexity index is 1770. The van der Waals surface area contributed by atoms with Gasteiger partial charge in [0.15, 0.2) is 11.2 Å². The minimum Gasteiger partial charge on any atom is -0.377 e. The predicted octanol–water partition coefficient (Wildman–Crippen LogP) is 8.19. The molecule has 8 aliphatic carbocycles. The normalized spacial score (nSPS) is 34.1. The van der Waals surface area contributed by atoms with Crippen LogP contribution in [0.5, 0.6) is 0 Å². The van der Waals surface area contributed by atoms with Gasteiger partial charge in [0, 0.05) is 0 Å². The molecule has 0 amide bonds. The van der Waals surface area contributed by atoms with E-state index in [1.807, 2.05) is 12.1 Å². The minimum absolute atomic E-state index is 0.325. The topological polar surface area (TPSA) is 40.5 Å². The predicted molar refractivity (Wildman–Crippen MR) is 166 cm³/mol. The molecule has 0 unspecified atom stereocenters. The Hall–Kier alpha value is -3.20. The van der Waals surface area contributed by atoms with E-state index in [2.05, 4.69) is 88.4 Å². The Labute approximate surface area is 248 Å². The third kappa shape index (κ3) is 2.35. The maximum atomic E-state index is 13.4. The van der Waals surface area contributed by atoms with E-state index < -0.39 is 11.2 Å². The van der Waals surface area contributed by atoms with Gasteiger partial charge in [-0.3, -0.25) is 0 Å². The standard InChI is InChI=1S/C40H38O2/c1-37(2)21-17-27-23(33(37)19-21)13-15-31-35(27)25-9-5-7-11-29(25)39(31,41)40(42)30-12-8-6-10-26(30)36-28-18-22-20-34(38(22,3)4)24(28)14-16-32(36)40/h5-16,21-22,33-34,41-42H,17-20H2,1-4H3/t21-,22+,33-,34-,39+,40-/m0/s1. The van der Waals surface area contributed by atoms with Gasteiger partial charge < -0.3 is 10.2 Å². The van der Waals surface area contributed by atoms with E-state index in [0.717, 1.165) is 46.2 Å². The lowest BCUT2D eigenvalue weighted by atomic mass is 9.47. The van der Waals surface area contributed by atoms with E-state index in [-0.39, 0.29) is 0 Å². The molecular formula is C40H38O2. The van der Waals surface area contributed by atoms with E-state index >= 15 is 0 Å². The summed E-state index contributed by atoms with van der Waals surface area (Å²) in [5.41, 5.74) is 11.1. The van der Waals surface area contributed by atoms with E-state index in [1.165, 1.54) is 46.2 Å². The van der Waals surface area contributed by atoms with Crippen LogP contribution in [0, 0.1) is 22.7 Å². The average molecular weight is 551 g/mol. The third-order valence-corrected chi connectivity index (χ3v) is 13.8. The molecule has 4 aromatic rings. The number of rotatable bonds is 1. The summed E-state index contributed by atoms with van der Waals surface area (Å²) in [6.45, 7) is 9.70. The Morgan fingerprint density at radius 3 is 1.33 bits per heavy atom. The van der Waals surface area contributed by atoms with Crippen molar-refractivity contribution in [1.29, 1.82) is 0 Å². The molecule has 0 radical (unpaired) electrons. The van der Waals surface area contributed by atoms with Crippen LogP contribution < -0.4 is 0 Å². The van der Waals surface area contributed by atoms with Crippen molar-refractivity contribution in [2.45, 2.75) is 76.4 Å². The van der Waals surface area contributed by atoms with Crippen LogP contribution in [-0.4, -0.2) is 10.2 Å². The Balaban J connectivity index is 1.26. The van der Waals surface area contributed by atoms with Crippen LogP contribution in [-0.2, 0) is 24.0 Å². The lowest BCUT2D eigenvalue weighted by Gasteiger charge is -2.57. The molecule has 210 valence electrons. The molecule has 2 fully saturated rings. The fourth-order valence-electron chi connectivity index (χ4n) is 11.0. The summed E-state index contributed by atoms with van der Waals surface area (Å²) in [6.07, 6.45) is 4.62. The molecule has 0 spiro atoms. The Morgan fingerprint density at radius 2 is 0.929 bits per heavy atom. The van der Waals surface area contributed by atoms with Gasteiger partial charge in [0.25, 0.3) is 0 Å². The maximum absolute atomic E-state index is 13.4. The van der Waals surface area contributed by atoms with Crippen LogP contribution in [0.4, 0.5) is 0 Å². The summed E-state index contributed by atoms with van der Waals surface area (Å²) < 4.78 is 0. The molecule has 4 aromatic carbocycles. The van der Waals surface area contributed by atoms with Gasteiger partial charge in [-0.2, -0.15) is 0 Å². The smallest absolute Gasteiger partial charge is 0.153 e. The van der Waals surface area contributed by atoms with Crippen molar-refractivity contribution in [3.8, 4) is 22.3 Å². The van der Waals surface area contributed by atoms with E-state index in [1.54, 1.807) is 0 Å². The minimum atomic E-state index is -1.60. The second-order valence-electron chi connectivity index (χ2n) is 15.6. The van der Waals surface area contributed by atoms with E-state index in [4.69, 9.17) is 0 Å². The highest BCUT2D eigenvalue weighted by Crippen LogP contribution is 2.69. The molecule has 12 rings (SSSR count). The molecule has 42 heavy (non-hydrogen) atoms. The third-order valence-electron chi connectivity index (χ3n) is 13.8. The number of aliphatic hydroxyl groups is 2. The van der Waals surface area contributed by atoms with Gasteiger partial charge in [0.2, 0.25) is 0 Å². The zero-order valence-electron chi connectivity index (χ0n) is 25.0. The van der Waals surface area contributed by atoms with Gasteiger partial charge in [0.1, 0.15) is 0 Å². The molecular weight excluding hydrogens is 512 g/mol. The zero-order chi connectivity index (χ0) is 28.6. The number of fused-ring (bicyclic) bond motifs is 6. The first-order chi connectivity index (χ1) is 20.1. The van der Waals surface area contributed by atoms with Crippen molar-refractivity contribution in [3.63, 3.8) is 0 Å². The summed E-state index contributed by atoms with van der Waals surface area (Å²) in [5, 5.41) is 26.9. The van der Waals surface area contributed by atoms with Crippen LogP contribution in [0.15, 0.2) is 72.8 Å². The van der Waals surface area contributed by atoms with Crippen LogP contribution >= 0.6 is 0 Å². The van der Waals surface area contributed by atoms with Gasteiger partial charge in [-0.1, -0.05) is 100 Å². The Kier molecular flexibility index (Phi) is 4.11. The van der Waals surface area contributed by atoms with Gasteiger partial charge in [-0.15, -0.1) is 0 Å². The molecule has 4 bridgehead atoms. The van der Waals surface area contributed by atoms with Crippen molar-refractivity contribution in [3.05, 3.63) is 117 Å². The summed E-state index contributed by atoms with van der Waals surface area (Å²) in [7, 11) is 0. The molecule has 6 atom stereocenters. The lowest BCUT2D eigenvalue weighted by molar-refractivity contribution is -0.107. The van der Waals surface area contributed by atoms with Crippen LogP contribution in [0.25, 0.3) is 22.3 Å². The van der Waals surface area contributed by atoms with E-state index in [0.29, 0.717) is 34.5 Å².